The van der Waals surface area contributed by atoms with Crippen molar-refractivity contribution in [3.8, 4) is 0 Å². The number of halogens is 6. The van der Waals surface area contributed by atoms with E-state index in [-0.39, 0.29) is 141 Å². The van der Waals surface area contributed by atoms with Crippen molar-refractivity contribution in [3.63, 3.8) is 0 Å². The summed E-state index contributed by atoms with van der Waals surface area (Å²) in [6, 6.07) is 0. The van der Waals surface area contributed by atoms with Gasteiger partial charge in [0.2, 0.25) is 0 Å². The van der Waals surface area contributed by atoms with Gasteiger partial charge in [-0.3, -0.25) is 0 Å². The van der Waals surface area contributed by atoms with Gasteiger partial charge in [0.1, 0.15) is 0 Å². The van der Waals surface area contributed by atoms with Gasteiger partial charge in [-0.1, -0.05) is 96.4 Å². The molecule has 0 N–H and O–H groups in total. The quantitative estimate of drug-likeness (QED) is 0.114. The van der Waals surface area contributed by atoms with Crippen LogP contribution in [0.25, 0.3) is 0 Å². The first-order chi connectivity index (χ1) is 20.3. The minimum Gasteiger partial charge on any atom is -0.211 e. The molecule has 0 radical (unpaired) electrons. The molecule has 46 heavy (non-hydrogen) atoms. The second kappa shape index (κ2) is 28.1. The van der Waals surface area contributed by atoms with E-state index in [0.717, 1.165) is 42.8 Å². The van der Waals surface area contributed by atoms with Crippen molar-refractivity contribution in [2.24, 2.45) is 19.4 Å². The van der Waals surface area contributed by atoms with Crippen LogP contribution in [0.15, 0.2) is 7.54 Å². The minimum atomic E-state index is -5.27. The van der Waals surface area contributed by atoms with E-state index >= 15 is 0 Å². The molecule has 0 aliphatic heterocycles. The fourth-order valence-corrected chi connectivity index (χ4v) is 8.84. The van der Waals surface area contributed by atoms with Crippen LogP contribution < -0.4 is 103 Å². The molecule has 0 spiro atoms. The van der Waals surface area contributed by atoms with Crippen LogP contribution >= 0.6 is 0 Å². The topological polar surface area (TPSA) is 152 Å². The summed E-state index contributed by atoms with van der Waals surface area (Å²) in [5, 5.41) is 0. The van der Waals surface area contributed by atoms with Gasteiger partial charge in [-0.25, -0.2) is 8.42 Å². The number of unbranched alkanes of at least 4 members (excludes halogenated alkanes) is 2. The van der Waals surface area contributed by atoms with Crippen molar-refractivity contribution < 1.29 is 163 Å². The van der Waals surface area contributed by atoms with E-state index in [2.05, 4.69) is 16.3 Å². The summed E-state index contributed by atoms with van der Waals surface area (Å²) in [7, 11) is -19.8. The zero-order chi connectivity index (χ0) is 34.8. The van der Waals surface area contributed by atoms with Gasteiger partial charge >= 0.3 is 135 Å². The Balaban J connectivity index is -0.000000420. The van der Waals surface area contributed by atoms with Crippen LogP contribution in [0.5, 0.6) is 0 Å². The zero-order valence-electron chi connectivity index (χ0n) is 27.8. The SMILES string of the molecule is CCCCC(CC)CN(CC(CC)CCCC)S(=O)(=O)N=S(=O)(OF)C(F)F.CCN(CC)S(=O)(=O)N=S(=O)(OF)C(F)F.[K+].[K+]. The molecule has 0 aliphatic carbocycles. The number of hydrogen-bond acceptors (Lipinski definition) is 8. The summed E-state index contributed by atoms with van der Waals surface area (Å²) in [6.45, 7) is 10.7. The molecule has 0 rings (SSSR count). The molecule has 0 bridgehead atoms. The van der Waals surface area contributed by atoms with E-state index in [9.17, 15) is 51.9 Å². The number of nitrogens with zero attached hydrogens (tertiary/aromatic N) is 4. The second-order valence-corrected chi connectivity index (χ2v) is 16.6. The molecule has 0 saturated carbocycles. The Bertz CT molecular complexity index is 1250. The predicted octanol–water partition coefficient (Wildman–Crippen LogP) is 0.560. The van der Waals surface area contributed by atoms with Crippen LogP contribution in [-0.4, -0.2) is 71.6 Å². The summed E-state index contributed by atoms with van der Waals surface area (Å²) in [4.78, 5) is 0. The zero-order valence-corrected chi connectivity index (χ0v) is 37.3. The second-order valence-electron chi connectivity index (χ2n) is 9.52. The van der Waals surface area contributed by atoms with Crippen LogP contribution in [0.2, 0.25) is 0 Å². The van der Waals surface area contributed by atoms with Crippen molar-refractivity contribution in [3.05, 3.63) is 0 Å². The smallest absolute Gasteiger partial charge is 0.211 e. The van der Waals surface area contributed by atoms with Gasteiger partial charge in [0, 0.05) is 26.2 Å². The van der Waals surface area contributed by atoms with Gasteiger partial charge in [0.25, 0.3) is 20.0 Å². The molecule has 24 heteroatoms. The normalized spacial score (nSPS) is 16.0. The first-order valence-electron chi connectivity index (χ1n) is 14.0. The minimum absolute atomic E-state index is 0. The summed E-state index contributed by atoms with van der Waals surface area (Å²) in [6.07, 6.45) is 6.62. The fraction of sp³-hybridized carbons (Fsp3) is 1.00. The molecule has 0 saturated heterocycles. The Labute approximate surface area is 357 Å². The summed E-state index contributed by atoms with van der Waals surface area (Å²) in [5.41, 5.74) is 0. The monoisotopic (exact) mass is 814 g/mol. The first kappa shape index (κ1) is 55.3. The van der Waals surface area contributed by atoms with Gasteiger partial charge in [-0.05, 0) is 33.7 Å². The van der Waals surface area contributed by atoms with Gasteiger partial charge in [-0.2, -0.15) is 43.0 Å². The average Bonchev–Trinajstić information content (AvgIpc) is 2.96. The maximum Gasteiger partial charge on any atom is 1.00 e. The third-order valence-electron chi connectivity index (χ3n) is 6.40. The summed E-state index contributed by atoms with van der Waals surface area (Å²) < 4.78 is 156. The molecular weight excluding hydrogens is 769 g/mol. The van der Waals surface area contributed by atoms with Crippen LogP contribution in [-0.2, 0) is 49.2 Å². The van der Waals surface area contributed by atoms with Crippen molar-refractivity contribution in [1.29, 1.82) is 0 Å². The van der Waals surface area contributed by atoms with E-state index in [1.807, 2.05) is 27.7 Å². The van der Waals surface area contributed by atoms with Gasteiger partial charge < -0.3 is 0 Å². The molecule has 0 aromatic heterocycles. The first-order valence-corrected chi connectivity index (χ1v) is 19.8. The molecule has 0 aromatic rings. The van der Waals surface area contributed by atoms with Gasteiger partial charge in [0.15, 0.2) is 0 Å². The molecule has 0 aromatic carbocycles. The maximum absolute atomic E-state index is 12.9. The van der Waals surface area contributed by atoms with Crippen LogP contribution in [0.3, 0.4) is 0 Å². The largest absolute Gasteiger partial charge is 1.00 e. The van der Waals surface area contributed by atoms with Crippen molar-refractivity contribution in [1.82, 2.24) is 8.61 Å². The van der Waals surface area contributed by atoms with Crippen molar-refractivity contribution >= 4 is 40.4 Å². The summed E-state index contributed by atoms with van der Waals surface area (Å²) in [5.74, 6) is -7.73. The van der Waals surface area contributed by atoms with E-state index in [0.29, 0.717) is 17.1 Å². The van der Waals surface area contributed by atoms with E-state index in [1.54, 1.807) is 0 Å². The Morgan fingerprint density at radius 2 is 0.891 bits per heavy atom. The summed E-state index contributed by atoms with van der Waals surface area (Å²) >= 11 is 0. The molecule has 4 atom stereocenters. The molecule has 0 heterocycles. The Morgan fingerprint density at radius 1 is 0.587 bits per heavy atom. The molecular formula is C22H46F6K2N4O8S4+2. The maximum atomic E-state index is 12.9. The molecule has 0 fully saturated rings. The van der Waals surface area contributed by atoms with Crippen molar-refractivity contribution in [2.45, 2.75) is 104 Å². The molecule has 0 amide bonds. The number of hydrogen-bond donors (Lipinski definition) is 0. The van der Waals surface area contributed by atoms with Crippen molar-refractivity contribution in [2.75, 3.05) is 26.2 Å². The van der Waals surface area contributed by atoms with E-state index in [4.69, 9.17) is 0 Å². The van der Waals surface area contributed by atoms with Crippen LogP contribution in [0.1, 0.15) is 92.9 Å². The predicted molar refractivity (Wildman–Crippen MR) is 156 cm³/mol. The van der Waals surface area contributed by atoms with E-state index < -0.39 is 52.0 Å². The molecule has 12 nitrogen and oxygen atoms in total. The van der Waals surface area contributed by atoms with Gasteiger partial charge in [-0.15, -0.1) is 0 Å². The van der Waals surface area contributed by atoms with Crippen LogP contribution in [0.4, 0.5) is 26.6 Å². The van der Waals surface area contributed by atoms with Gasteiger partial charge in [0.05, 0.1) is 0 Å². The standard InChI is InChI=1S/C17H35F3N2O4S2.C5H11F3N2O4S2.2K/c1-5-9-11-15(7-3)13-22(14-16(8-4)12-10-6-2)28(24,25)21-27(23,26-20)17(18)19;1-3-10(4-2)16(12,13)9-15(11,14-8)5(6)7;;/h15-17H,5-14H2,1-4H3;5H,3-4H2,1-2H3;;/q;;2*+1. The molecule has 0 aliphatic rings. The fourth-order valence-electron chi connectivity index (χ4n) is 3.72. The third kappa shape index (κ3) is 20.5. The Morgan fingerprint density at radius 3 is 1.11 bits per heavy atom. The van der Waals surface area contributed by atoms with Crippen LogP contribution in [0, 0.1) is 11.8 Å². The molecule has 4 unspecified atom stereocenters. The molecule has 268 valence electrons. The average molecular weight is 815 g/mol. The number of alkyl halides is 4. The number of rotatable bonds is 22. The Hall–Kier alpha value is 2.49. The Kier molecular flexibility index (Phi) is 33.7. The third-order valence-corrected chi connectivity index (χ3v) is 12.9. The van der Waals surface area contributed by atoms with E-state index in [1.165, 1.54) is 13.8 Å².